The molecule has 2 aromatic heterocycles. The van der Waals surface area contributed by atoms with E-state index in [0.29, 0.717) is 16.0 Å². The molecule has 1 aromatic carbocycles. The highest BCUT2D eigenvalue weighted by atomic mass is 32.2. The molecule has 2 heterocycles. The number of aromatic nitrogens is 4. The Labute approximate surface area is 161 Å². The molecule has 0 amide bonds. The first-order chi connectivity index (χ1) is 12.8. The minimum atomic E-state index is -4.55. The van der Waals surface area contributed by atoms with E-state index in [2.05, 4.69) is 25.5 Å². The Kier molecular flexibility index (Phi) is 5.80. The van der Waals surface area contributed by atoms with Gasteiger partial charge in [0, 0.05) is 26.7 Å². The molecule has 0 unspecified atom stereocenters. The predicted octanol–water partition coefficient (Wildman–Crippen LogP) is 4.18. The first kappa shape index (κ1) is 19.4. The molecule has 0 aliphatic rings. The number of hydrogen-bond acceptors (Lipinski definition) is 8. The third-order valence-corrected chi connectivity index (χ3v) is 5.11. The van der Waals surface area contributed by atoms with E-state index in [1.54, 1.807) is 14.1 Å². The molecule has 3 aromatic rings. The fraction of sp³-hybridized carbons (Fsp3) is 0.250. The Morgan fingerprint density at radius 1 is 1.11 bits per heavy atom. The highest BCUT2D eigenvalue weighted by Crippen LogP contribution is 2.34. The van der Waals surface area contributed by atoms with E-state index >= 15 is 0 Å². The van der Waals surface area contributed by atoms with Gasteiger partial charge in [-0.05, 0) is 17.3 Å². The van der Waals surface area contributed by atoms with Crippen LogP contribution in [0.15, 0.2) is 45.9 Å². The SMILES string of the molecule is CN(C)c1cc(C(F)(F)F)nc(Sc2nnc(NCc3ccccc3)s2)n1. The van der Waals surface area contributed by atoms with Gasteiger partial charge in [-0.15, -0.1) is 10.2 Å². The Hall–Kier alpha value is -2.40. The molecule has 3 rings (SSSR count). The molecule has 27 heavy (non-hydrogen) atoms. The van der Waals surface area contributed by atoms with Gasteiger partial charge < -0.3 is 10.2 Å². The van der Waals surface area contributed by atoms with E-state index in [9.17, 15) is 13.2 Å². The molecule has 0 radical (unpaired) electrons. The van der Waals surface area contributed by atoms with Gasteiger partial charge in [-0.2, -0.15) is 13.2 Å². The van der Waals surface area contributed by atoms with Crippen LogP contribution >= 0.6 is 23.1 Å². The second kappa shape index (κ2) is 8.09. The zero-order valence-corrected chi connectivity index (χ0v) is 16.0. The Morgan fingerprint density at radius 2 is 1.85 bits per heavy atom. The van der Waals surface area contributed by atoms with Crippen LogP contribution in [0, 0.1) is 0 Å². The third-order valence-electron chi connectivity index (χ3n) is 3.31. The van der Waals surface area contributed by atoms with Crippen LogP contribution in [0.5, 0.6) is 0 Å². The Balaban J connectivity index is 1.73. The average Bonchev–Trinajstić information content (AvgIpc) is 3.07. The number of benzene rings is 1. The molecule has 0 spiro atoms. The fourth-order valence-electron chi connectivity index (χ4n) is 2.01. The van der Waals surface area contributed by atoms with E-state index < -0.39 is 11.9 Å². The van der Waals surface area contributed by atoms with Crippen LogP contribution in [-0.2, 0) is 12.7 Å². The molecule has 0 saturated heterocycles. The lowest BCUT2D eigenvalue weighted by molar-refractivity contribution is -0.141. The summed E-state index contributed by atoms with van der Waals surface area (Å²) in [5, 5.41) is 11.7. The van der Waals surface area contributed by atoms with E-state index in [1.165, 1.54) is 16.2 Å². The van der Waals surface area contributed by atoms with Crippen molar-refractivity contribution in [3.8, 4) is 0 Å². The maximum atomic E-state index is 13.1. The maximum absolute atomic E-state index is 13.1. The van der Waals surface area contributed by atoms with Crippen LogP contribution in [-0.4, -0.2) is 34.3 Å². The summed E-state index contributed by atoms with van der Waals surface area (Å²) in [6.07, 6.45) is -4.55. The van der Waals surface area contributed by atoms with Crippen molar-refractivity contribution < 1.29 is 13.2 Å². The van der Waals surface area contributed by atoms with Crippen molar-refractivity contribution in [1.29, 1.82) is 0 Å². The standard InChI is InChI=1S/C16H15F3N6S2/c1-25(2)12-8-11(16(17,18)19)21-14(22-12)27-15-24-23-13(26-15)20-9-10-6-4-3-5-7-10/h3-8H,9H2,1-2H3,(H,20,23). The van der Waals surface area contributed by atoms with Crippen LogP contribution in [0.25, 0.3) is 0 Å². The second-order valence-corrected chi connectivity index (χ2v) is 7.79. The number of nitrogens with zero attached hydrogens (tertiary/aromatic N) is 5. The van der Waals surface area contributed by atoms with Gasteiger partial charge >= 0.3 is 6.18 Å². The summed E-state index contributed by atoms with van der Waals surface area (Å²) in [5.74, 6) is 0.173. The summed E-state index contributed by atoms with van der Waals surface area (Å²) >= 11 is 2.18. The molecule has 0 atom stereocenters. The van der Waals surface area contributed by atoms with Gasteiger partial charge in [0.05, 0.1) is 0 Å². The Morgan fingerprint density at radius 3 is 2.52 bits per heavy atom. The largest absolute Gasteiger partial charge is 0.433 e. The van der Waals surface area contributed by atoms with Crippen molar-refractivity contribution in [1.82, 2.24) is 20.2 Å². The van der Waals surface area contributed by atoms with Crippen molar-refractivity contribution in [2.45, 2.75) is 22.2 Å². The monoisotopic (exact) mass is 412 g/mol. The van der Waals surface area contributed by atoms with Crippen molar-refractivity contribution in [3.05, 3.63) is 47.7 Å². The van der Waals surface area contributed by atoms with Gasteiger partial charge in [0.1, 0.15) is 5.82 Å². The number of halogens is 3. The molecule has 6 nitrogen and oxygen atoms in total. The number of nitrogens with one attached hydrogen (secondary N) is 1. The topological polar surface area (TPSA) is 66.8 Å². The minimum Gasteiger partial charge on any atom is -0.363 e. The molecule has 0 fully saturated rings. The first-order valence-electron chi connectivity index (χ1n) is 7.74. The fourth-order valence-corrected chi connectivity index (χ4v) is 3.63. The maximum Gasteiger partial charge on any atom is 0.433 e. The Bertz CT molecular complexity index is 899. The summed E-state index contributed by atoms with van der Waals surface area (Å²) in [4.78, 5) is 9.24. The molecule has 0 bridgehead atoms. The van der Waals surface area contributed by atoms with Gasteiger partial charge in [0.2, 0.25) is 5.13 Å². The number of alkyl halides is 3. The third kappa shape index (κ3) is 5.30. The minimum absolute atomic E-state index is 0.0284. The zero-order chi connectivity index (χ0) is 19.4. The normalized spacial score (nSPS) is 11.4. The van der Waals surface area contributed by atoms with Gasteiger partial charge in [-0.1, -0.05) is 41.7 Å². The molecule has 0 aliphatic heterocycles. The molecule has 0 aliphatic carbocycles. The number of anilines is 2. The summed E-state index contributed by atoms with van der Waals surface area (Å²) in [6, 6.07) is 10.7. The summed E-state index contributed by atoms with van der Waals surface area (Å²) < 4.78 is 39.6. The van der Waals surface area contributed by atoms with Gasteiger partial charge in [0.25, 0.3) is 0 Å². The zero-order valence-electron chi connectivity index (χ0n) is 14.4. The highest BCUT2D eigenvalue weighted by molar-refractivity contribution is 8.00. The predicted molar refractivity (Wildman–Crippen MR) is 99.2 cm³/mol. The van der Waals surface area contributed by atoms with Gasteiger partial charge in [-0.25, -0.2) is 9.97 Å². The second-order valence-electron chi connectivity index (χ2n) is 5.60. The summed E-state index contributed by atoms with van der Waals surface area (Å²) in [7, 11) is 3.24. The van der Waals surface area contributed by atoms with Crippen LogP contribution in [0.4, 0.5) is 24.1 Å². The lowest BCUT2D eigenvalue weighted by Gasteiger charge is -2.14. The molecule has 11 heteroatoms. The van der Waals surface area contributed by atoms with E-state index in [0.717, 1.165) is 23.4 Å². The first-order valence-corrected chi connectivity index (χ1v) is 9.37. The lowest BCUT2D eigenvalue weighted by atomic mass is 10.2. The molecule has 1 N–H and O–H groups in total. The molecular weight excluding hydrogens is 397 g/mol. The van der Waals surface area contributed by atoms with Crippen molar-refractivity contribution in [3.63, 3.8) is 0 Å². The average molecular weight is 412 g/mol. The van der Waals surface area contributed by atoms with Crippen LogP contribution in [0.2, 0.25) is 0 Å². The number of rotatable bonds is 6. The van der Waals surface area contributed by atoms with Crippen molar-refractivity contribution >= 4 is 34.0 Å². The van der Waals surface area contributed by atoms with E-state index in [4.69, 9.17) is 0 Å². The molecule has 0 saturated carbocycles. The van der Waals surface area contributed by atoms with E-state index in [-0.39, 0.29) is 11.0 Å². The smallest absolute Gasteiger partial charge is 0.363 e. The van der Waals surface area contributed by atoms with Crippen molar-refractivity contribution in [2.75, 3.05) is 24.3 Å². The van der Waals surface area contributed by atoms with Crippen LogP contribution < -0.4 is 10.2 Å². The van der Waals surface area contributed by atoms with E-state index in [1.807, 2.05) is 30.3 Å². The molecule has 142 valence electrons. The quantitative estimate of drug-likeness (QED) is 0.609. The van der Waals surface area contributed by atoms with Gasteiger partial charge in [-0.3, -0.25) is 0 Å². The number of hydrogen-bond donors (Lipinski definition) is 1. The highest BCUT2D eigenvalue weighted by Gasteiger charge is 2.34. The van der Waals surface area contributed by atoms with Gasteiger partial charge in [0.15, 0.2) is 15.2 Å². The molecular formula is C16H15F3N6S2. The van der Waals surface area contributed by atoms with Crippen LogP contribution in [0.3, 0.4) is 0 Å². The summed E-state index contributed by atoms with van der Waals surface area (Å²) in [6.45, 7) is 0.574. The van der Waals surface area contributed by atoms with Crippen LogP contribution in [0.1, 0.15) is 11.3 Å². The summed E-state index contributed by atoms with van der Waals surface area (Å²) in [5.41, 5.74) is 0.0920. The lowest BCUT2D eigenvalue weighted by Crippen LogP contribution is -2.15. The van der Waals surface area contributed by atoms with Crippen molar-refractivity contribution in [2.24, 2.45) is 0 Å².